The highest BCUT2D eigenvalue weighted by molar-refractivity contribution is 7.92. The van der Waals surface area contributed by atoms with Gasteiger partial charge in [-0.1, -0.05) is 0 Å². The van der Waals surface area contributed by atoms with Gasteiger partial charge in [0.2, 0.25) is 5.91 Å². The molecule has 0 saturated heterocycles. The minimum Gasteiger partial charge on any atom is -0.326 e. The second kappa shape index (κ2) is 4.34. The molecule has 0 aliphatic carbocycles. The molecular formula is C12H12N4O3S. The fourth-order valence-corrected chi connectivity index (χ4v) is 3.09. The molecule has 0 saturated carbocycles. The molecule has 8 heteroatoms. The first-order valence-corrected chi connectivity index (χ1v) is 7.38. The minimum atomic E-state index is -3.70. The van der Waals surface area contributed by atoms with Crippen LogP contribution in [0.4, 0.5) is 11.5 Å². The Hall–Kier alpha value is -2.35. The summed E-state index contributed by atoms with van der Waals surface area (Å²) in [6.45, 7) is 0. The molecule has 0 fully saturated rings. The van der Waals surface area contributed by atoms with Crippen molar-refractivity contribution < 1.29 is 13.2 Å². The fourth-order valence-electron chi connectivity index (χ4n) is 2.04. The van der Waals surface area contributed by atoms with Gasteiger partial charge < -0.3 is 5.32 Å². The van der Waals surface area contributed by atoms with Crippen molar-refractivity contribution in [3.05, 3.63) is 36.0 Å². The Balaban J connectivity index is 1.92. The largest absolute Gasteiger partial charge is 0.326 e. The van der Waals surface area contributed by atoms with Crippen molar-refractivity contribution in [1.29, 1.82) is 0 Å². The van der Waals surface area contributed by atoms with Gasteiger partial charge in [-0.05, 0) is 23.8 Å². The molecule has 0 bridgehead atoms. The zero-order valence-electron chi connectivity index (χ0n) is 10.6. The van der Waals surface area contributed by atoms with Crippen LogP contribution in [0.1, 0.15) is 5.56 Å². The molecule has 1 aromatic carbocycles. The molecule has 2 aromatic rings. The second-order valence-electron chi connectivity index (χ2n) is 4.52. The first-order valence-electron chi connectivity index (χ1n) is 5.89. The third-order valence-electron chi connectivity index (χ3n) is 2.96. The van der Waals surface area contributed by atoms with Crippen LogP contribution in [0.5, 0.6) is 0 Å². The van der Waals surface area contributed by atoms with Crippen LogP contribution < -0.4 is 10.0 Å². The zero-order chi connectivity index (χ0) is 14.3. The Morgan fingerprint density at radius 1 is 1.35 bits per heavy atom. The monoisotopic (exact) mass is 292 g/mol. The first kappa shape index (κ1) is 12.7. The summed E-state index contributed by atoms with van der Waals surface area (Å²) < 4.78 is 28.3. The highest BCUT2D eigenvalue weighted by Crippen LogP contribution is 2.26. The van der Waals surface area contributed by atoms with Crippen molar-refractivity contribution in [2.24, 2.45) is 7.05 Å². The van der Waals surface area contributed by atoms with Crippen LogP contribution in [0.3, 0.4) is 0 Å². The van der Waals surface area contributed by atoms with Crippen LogP contribution in [-0.2, 0) is 28.3 Å². The number of sulfonamides is 1. The Kier molecular flexibility index (Phi) is 2.75. The van der Waals surface area contributed by atoms with Gasteiger partial charge in [-0.15, -0.1) is 0 Å². The van der Waals surface area contributed by atoms with Gasteiger partial charge in [-0.3, -0.25) is 14.2 Å². The van der Waals surface area contributed by atoms with E-state index in [0.29, 0.717) is 11.3 Å². The van der Waals surface area contributed by atoms with E-state index < -0.39 is 10.0 Å². The van der Waals surface area contributed by atoms with Gasteiger partial charge in [0.05, 0.1) is 11.3 Å². The highest BCUT2D eigenvalue weighted by atomic mass is 32.2. The normalized spacial score (nSPS) is 13.9. The summed E-state index contributed by atoms with van der Waals surface area (Å²) in [6.07, 6.45) is 1.84. The van der Waals surface area contributed by atoms with Gasteiger partial charge in [0.25, 0.3) is 10.0 Å². The van der Waals surface area contributed by atoms with Crippen molar-refractivity contribution in [2.45, 2.75) is 11.3 Å². The standard InChI is InChI=1S/C12H12N4O3S/c1-16-5-4-11(14-16)15-20(18,19)9-2-3-10-8(6-9)7-12(17)13-10/h2-6H,7H2,1H3,(H,13,17)(H,14,15). The third kappa shape index (κ3) is 2.25. The Labute approximate surface area is 115 Å². The molecule has 3 rings (SSSR count). The maximum Gasteiger partial charge on any atom is 0.263 e. The highest BCUT2D eigenvalue weighted by Gasteiger charge is 2.22. The molecular weight excluding hydrogens is 280 g/mol. The van der Waals surface area contributed by atoms with Gasteiger partial charge in [0.1, 0.15) is 0 Å². The Morgan fingerprint density at radius 3 is 2.85 bits per heavy atom. The molecule has 0 spiro atoms. The number of benzene rings is 1. The number of nitrogens with one attached hydrogen (secondary N) is 2. The van der Waals surface area contributed by atoms with E-state index in [2.05, 4.69) is 15.1 Å². The van der Waals surface area contributed by atoms with E-state index in [-0.39, 0.29) is 23.0 Å². The number of hydrogen-bond acceptors (Lipinski definition) is 4. The topological polar surface area (TPSA) is 93.1 Å². The van der Waals surface area contributed by atoms with Gasteiger partial charge in [-0.25, -0.2) is 8.42 Å². The van der Waals surface area contributed by atoms with E-state index in [1.807, 2.05) is 0 Å². The molecule has 0 radical (unpaired) electrons. The van der Waals surface area contributed by atoms with Crippen LogP contribution >= 0.6 is 0 Å². The van der Waals surface area contributed by atoms with E-state index in [9.17, 15) is 13.2 Å². The predicted octanol–water partition coefficient (Wildman–Crippen LogP) is 0.715. The molecule has 104 valence electrons. The number of aromatic nitrogens is 2. The van der Waals surface area contributed by atoms with Crippen LogP contribution in [0.15, 0.2) is 35.4 Å². The lowest BCUT2D eigenvalue weighted by Gasteiger charge is -2.07. The number of hydrogen-bond donors (Lipinski definition) is 2. The molecule has 1 aliphatic rings. The summed E-state index contributed by atoms with van der Waals surface area (Å²) in [5.41, 5.74) is 1.34. The predicted molar refractivity (Wildman–Crippen MR) is 72.8 cm³/mol. The smallest absolute Gasteiger partial charge is 0.263 e. The first-order chi connectivity index (χ1) is 9.44. The summed E-state index contributed by atoms with van der Waals surface area (Å²) in [5, 5.41) is 6.63. The average molecular weight is 292 g/mol. The maximum atomic E-state index is 12.2. The molecule has 1 amide bonds. The molecule has 7 nitrogen and oxygen atoms in total. The lowest BCUT2D eigenvalue weighted by molar-refractivity contribution is -0.115. The number of aryl methyl sites for hydroxylation is 1. The van der Waals surface area contributed by atoms with Crippen LogP contribution in [0.2, 0.25) is 0 Å². The van der Waals surface area contributed by atoms with E-state index in [1.165, 1.54) is 16.8 Å². The lowest BCUT2D eigenvalue weighted by atomic mass is 10.2. The average Bonchev–Trinajstić information content (AvgIpc) is 2.92. The molecule has 1 aliphatic heterocycles. The molecule has 0 unspecified atom stereocenters. The van der Waals surface area contributed by atoms with Crippen molar-refractivity contribution >= 4 is 27.4 Å². The molecule has 1 aromatic heterocycles. The van der Waals surface area contributed by atoms with Gasteiger partial charge in [0.15, 0.2) is 5.82 Å². The van der Waals surface area contributed by atoms with E-state index in [4.69, 9.17) is 0 Å². The fraction of sp³-hybridized carbons (Fsp3) is 0.167. The number of carbonyl (C=O) groups excluding carboxylic acids is 1. The van der Waals surface area contributed by atoms with Crippen LogP contribution in [0, 0.1) is 0 Å². The Bertz CT molecular complexity index is 795. The lowest BCUT2D eigenvalue weighted by Crippen LogP contribution is -2.13. The number of fused-ring (bicyclic) bond motifs is 1. The number of carbonyl (C=O) groups is 1. The molecule has 2 N–H and O–H groups in total. The van der Waals surface area contributed by atoms with Crippen molar-refractivity contribution in [1.82, 2.24) is 9.78 Å². The molecule has 2 heterocycles. The summed E-state index contributed by atoms with van der Waals surface area (Å²) in [7, 11) is -2.01. The number of anilines is 2. The van der Waals surface area contributed by atoms with Crippen molar-refractivity contribution in [2.75, 3.05) is 10.0 Å². The number of amides is 1. The zero-order valence-corrected chi connectivity index (χ0v) is 11.4. The number of nitrogens with zero attached hydrogens (tertiary/aromatic N) is 2. The van der Waals surface area contributed by atoms with E-state index in [1.54, 1.807) is 25.4 Å². The summed E-state index contributed by atoms with van der Waals surface area (Å²) in [6, 6.07) is 6.11. The minimum absolute atomic E-state index is 0.110. The molecule has 0 atom stereocenters. The number of rotatable bonds is 3. The summed E-state index contributed by atoms with van der Waals surface area (Å²) in [5.74, 6) is 0.120. The van der Waals surface area contributed by atoms with Gasteiger partial charge >= 0.3 is 0 Å². The van der Waals surface area contributed by atoms with Crippen LogP contribution in [0.25, 0.3) is 0 Å². The third-order valence-corrected chi connectivity index (χ3v) is 4.32. The maximum absolute atomic E-state index is 12.2. The van der Waals surface area contributed by atoms with Gasteiger partial charge in [0, 0.05) is 25.0 Å². The summed E-state index contributed by atoms with van der Waals surface area (Å²) in [4.78, 5) is 11.4. The van der Waals surface area contributed by atoms with Crippen LogP contribution in [-0.4, -0.2) is 24.1 Å². The summed E-state index contributed by atoms with van der Waals surface area (Å²) >= 11 is 0. The van der Waals surface area contributed by atoms with Crippen molar-refractivity contribution in [3.63, 3.8) is 0 Å². The Morgan fingerprint density at radius 2 is 2.15 bits per heavy atom. The second-order valence-corrected chi connectivity index (χ2v) is 6.21. The quantitative estimate of drug-likeness (QED) is 0.871. The van der Waals surface area contributed by atoms with E-state index >= 15 is 0 Å². The van der Waals surface area contributed by atoms with Gasteiger partial charge in [-0.2, -0.15) is 5.10 Å². The van der Waals surface area contributed by atoms with E-state index in [0.717, 1.165) is 0 Å². The SMILES string of the molecule is Cn1ccc(NS(=O)(=O)c2ccc3c(c2)CC(=O)N3)n1. The van der Waals surface area contributed by atoms with Crippen molar-refractivity contribution in [3.8, 4) is 0 Å². The molecule has 20 heavy (non-hydrogen) atoms.